The monoisotopic (exact) mass is 295 g/mol. The van der Waals surface area contributed by atoms with Crippen LogP contribution in [0, 0.1) is 11.6 Å². The van der Waals surface area contributed by atoms with Crippen molar-refractivity contribution in [2.24, 2.45) is 5.73 Å². The van der Waals surface area contributed by atoms with Crippen LogP contribution in [0.15, 0.2) is 41.3 Å². The van der Waals surface area contributed by atoms with Gasteiger partial charge in [0.1, 0.15) is 17.4 Å². The van der Waals surface area contributed by atoms with E-state index in [1.54, 1.807) is 23.9 Å². The Balaban J connectivity index is 2.39. The summed E-state index contributed by atoms with van der Waals surface area (Å²) in [5.74, 6) is -1.28. The molecule has 0 heterocycles. The highest BCUT2D eigenvalue weighted by atomic mass is 32.2. The van der Waals surface area contributed by atoms with Crippen molar-refractivity contribution >= 4 is 11.8 Å². The summed E-state index contributed by atoms with van der Waals surface area (Å²) in [4.78, 5) is 1.07. The molecule has 0 radical (unpaired) electrons. The standard InChI is InChI=1S/C15H15F2NOS/c1-19-10-7-12(16)14(13(17)8-10)15(18)9-3-5-11(20-2)6-4-9/h3-8,15H,18H2,1-2H3. The molecule has 1 atom stereocenters. The molecule has 0 aliphatic heterocycles. The first-order chi connectivity index (χ1) is 9.56. The topological polar surface area (TPSA) is 35.2 Å². The van der Waals surface area contributed by atoms with Crippen molar-refractivity contribution in [3.05, 3.63) is 59.2 Å². The Bertz CT molecular complexity index is 578. The van der Waals surface area contributed by atoms with Crippen LogP contribution in [-0.2, 0) is 0 Å². The van der Waals surface area contributed by atoms with Crippen molar-refractivity contribution in [2.75, 3.05) is 13.4 Å². The van der Waals surface area contributed by atoms with Gasteiger partial charge in [-0.1, -0.05) is 12.1 Å². The van der Waals surface area contributed by atoms with E-state index >= 15 is 0 Å². The lowest BCUT2D eigenvalue weighted by atomic mass is 9.98. The number of hydrogen-bond donors (Lipinski definition) is 1. The number of methoxy groups -OCH3 is 1. The van der Waals surface area contributed by atoms with E-state index in [2.05, 4.69) is 0 Å². The van der Waals surface area contributed by atoms with Gasteiger partial charge in [-0.05, 0) is 24.0 Å². The fraction of sp³-hybridized carbons (Fsp3) is 0.200. The summed E-state index contributed by atoms with van der Waals surface area (Å²) in [5, 5.41) is 0. The summed E-state index contributed by atoms with van der Waals surface area (Å²) in [6.07, 6.45) is 1.96. The summed E-state index contributed by atoms with van der Waals surface area (Å²) in [5.41, 5.74) is 6.48. The lowest BCUT2D eigenvalue weighted by Gasteiger charge is -2.15. The number of rotatable bonds is 4. The Kier molecular flexibility index (Phi) is 4.62. The van der Waals surface area contributed by atoms with Crippen LogP contribution in [0.1, 0.15) is 17.2 Å². The smallest absolute Gasteiger partial charge is 0.134 e. The second-order valence-corrected chi connectivity index (χ2v) is 5.14. The van der Waals surface area contributed by atoms with E-state index in [1.807, 2.05) is 18.4 Å². The fourth-order valence-corrected chi connectivity index (χ4v) is 2.36. The molecule has 0 aromatic heterocycles. The van der Waals surface area contributed by atoms with Gasteiger partial charge in [-0.3, -0.25) is 0 Å². The van der Waals surface area contributed by atoms with Gasteiger partial charge >= 0.3 is 0 Å². The number of ether oxygens (including phenoxy) is 1. The number of benzene rings is 2. The van der Waals surface area contributed by atoms with E-state index in [0.29, 0.717) is 5.56 Å². The molecule has 0 saturated heterocycles. The van der Waals surface area contributed by atoms with Crippen LogP contribution in [0.25, 0.3) is 0 Å². The molecule has 106 valence electrons. The quantitative estimate of drug-likeness (QED) is 0.873. The normalized spacial score (nSPS) is 12.2. The highest BCUT2D eigenvalue weighted by molar-refractivity contribution is 7.98. The zero-order valence-corrected chi connectivity index (χ0v) is 12.0. The van der Waals surface area contributed by atoms with E-state index < -0.39 is 17.7 Å². The van der Waals surface area contributed by atoms with Crippen LogP contribution in [0.4, 0.5) is 8.78 Å². The summed E-state index contributed by atoms with van der Waals surface area (Å²) in [6, 6.07) is 8.72. The second kappa shape index (κ2) is 6.24. The zero-order chi connectivity index (χ0) is 14.7. The lowest BCUT2D eigenvalue weighted by molar-refractivity contribution is 0.404. The highest BCUT2D eigenvalue weighted by Crippen LogP contribution is 2.29. The Hall–Kier alpha value is -1.59. The first-order valence-corrected chi connectivity index (χ1v) is 7.21. The second-order valence-electron chi connectivity index (χ2n) is 4.26. The molecular weight excluding hydrogens is 280 g/mol. The zero-order valence-electron chi connectivity index (χ0n) is 11.2. The van der Waals surface area contributed by atoms with Crippen molar-refractivity contribution in [1.29, 1.82) is 0 Å². The average Bonchev–Trinajstić information content (AvgIpc) is 2.46. The highest BCUT2D eigenvalue weighted by Gasteiger charge is 2.19. The summed E-state index contributed by atoms with van der Waals surface area (Å²) in [6.45, 7) is 0. The van der Waals surface area contributed by atoms with Gasteiger partial charge < -0.3 is 10.5 Å². The summed E-state index contributed by atoms with van der Waals surface area (Å²) in [7, 11) is 1.36. The molecule has 2 nitrogen and oxygen atoms in total. The summed E-state index contributed by atoms with van der Waals surface area (Å²) < 4.78 is 32.8. The van der Waals surface area contributed by atoms with Crippen molar-refractivity contribution in [3.63, 3.8) is 0 Å². The maximum atomic E-state index is 14.0. The molecule has 0 aliphatic rings. The molecule has 2 rings (SSSR count). The van der Waals surface area contributed by atoms with Gasteiger partial charge in [-0.15, -0.1) is 11.8 Å². The number of nitrogens with two attached hydrogens (primary N) is 1. The largest absolute Gasteiger partial charge is 0.497 e. The molecule has 5 heteroatoms. The van der Waals surface area contributed by atoms with Crippen LogP contribution < -0.4 is 10.5 Å². The SMILES string of the molecule is COc1cc(F)c(C(N)c2ccc(SC)cc2)c(F)c1. The molecule has 2 N–H and O–H groups in total. The van der Waals surface area contributed by atoms with Crippen LogP contribution in [0.2, 0.25) is 0 Å². The third kappa shape index (κ3) is 2.94. The number of hydrogen-bond acceptors (Lipinski definition) is 3. The fourth-order valence-electron chi connectivity index (χ4n) is 1.95. The molecule has 0 fully saturated rings. The molecule has 0 saturated carbocycles. The van der Waals surface area contributed by atoms with Crippen molar-refractivity contribution in [2.45, 2.75) is 10.9 Å². The molecule has 0 spiro atoms. The molecule has 20 heavy (non-hydrogen) atoms. The minimum atomic E-state index is -0.850. The van der Waals surface area contributed by atoms with Gasteiger partial charge in [0.05, 0.1) is 13.2 Å². The molecule has 1 unspecified atom stereocenters. The van der Waals surface area contributed by atoms with Crippen molar-refractivity contribution < 1.29 is 13.5 Å². The molecule has 2 aromatic carbocycles. The predicted molar refractivity (Wildman–Crippen MR) is 77.2 cm³/mol. The van der Waals surface area contributed by atoms with Gasteiger partial charge in [0, 0.05) is 22.6 Å². The summed E-state index contributed by atoms with van der Waals surface area (Å²) >= 11 is 1.59. The van der Waals surface area contributed by atoms with Crippen LogP contribution in [0.3, 0.4) is 0 Å². The van der Waals surface area contributed by atoms with E-state index in [0.717, 1.165) is 17.0 Å². The van der Waals surface area contributed by atoms with Crippen LogP contribution in [-0.4, -0.2) is 13.4 Å². The van der Waals surface area contributed by atoms with Crippen LogP contribution >= 0.6 is 11.8 Å². The van der Waals surface area contributed by atoms with Gasteiger partial charge in [0.25, 0.3) is 0 Å². The molecule has 0 aliphatic carbocycles. The van der Waals surface area contributed by atoms with E-state index in [1.165, 1.54) is 7.11 Å². The lowest BCUT2D eigenvalue weighted by Crippen LogP contribution is -2.15. The Morgan fingerprint density at radius 1 is 1.10 bits per heavy atom. The first kappa shape index (κ1) is 14.8. The number of halogens is 2. The maximum absolute atomic E-state index is 14.0. The Morgan fingerprint density at radius 3 is 2.10 bits per heavy atom. The van der Waals surface area contributed by atoms with E-state index in [4.69, 9.17) is 10.5 Å². The third-order valence-corrected chi connectivity index (χ3v) is 3.82. The van der Waals surface area contributed by atoms with Crippen molar-refractivity contribution in [1.82, 2.24) is 0 Å². The van der Waals surface area contributed by atoms with Crippen molar-refractivity contribution in [3.8, 4) is 5.75 Å². The van der Waals surface area contributed by atoms with E-state index in [-0.39, 0.29) is 11.3 Å². The van der Waals surface area contributed by atoms with Gasteiger partial charge in [0.15, 0.2) is 0 Å². The van der Waals surface area contributed by atoms with Gasteiger partial charge in [-0.25, -0.2) is 8.78 Å². The molecule has 2 aromatic rings. The average molecular weight is 295 g/mol. The predicted octanol–water partition coefficient (Wildman–Crippen LogP) is 3.74. The minimum absolute atomic E-state index is 0.133. The van der Waals surface area contributed by atoms with Gasteiger partial charge in [-0.2, -0.15) is 0 Å². The third-order valence-electron chi connectivity index (χ3n) is 3.07. The minimum Gasteiger partial charge on any atom is -0.497 e. The van der Waals surface area contributed by atoms with Gasteiger partial charge in [0.2, 0.25) is 0 Å². The van der Waals surface area contributed by atoms with Crippen LogP contribution in [0.5, 0.6) is 5.75 Å². The first-order valence-electron chi connectivity index (χ1n) is 5.99. The van der Waals surface area contributed by atoms with E-state index in [9.17, 15) is 8.78 Å². The molecule has 0 bridgehead atoms. The molecule has 0 amide bonds. The Labute approximate surface area is 120 Å². The Morgan fingerprint density at radius 2 is 1.65 bits per heavy atom. The maximum Gasteiger partial charge on any atom is 0.134 e. The molecular formula is C15H15F2NOS. The number of thioether (sulfide) groups is 1.